The fourth-order valence-corrected chi connectivity index (χ4v) is 5.18. The summed E-state index contributed by atoms with van der Waals surface area (Å²) in [5.74, 6) is -0.577. The van der Waals surface area contributed by atoms with Crippen LogP contribution in [0.4, 0.5) is 26.3 Å². The van der Waals surface area contributed by atoms with Gasteiger partial charge in [-0.2, -0.15) is 43.2 Å². The maximum atomic E-state index is 13.4. The number of ether oxygens (including phenoxy) is 2. The van der Waals surface area contributed by atoms with Crippen LogP contribution in [-0.2, 0) is 38.3 Å². The minimum atomic E-state index is -4.96. The van der Waals surface area contributed by atoms with Gasteiger partial charge < -0.3 is 9.47 Å². The van der Waals surface area contributed by atoms with Gasteiger partial charge in [0.2, 0.25) is 0 Å². The lowest BCUT2D eigenvalue weighted by Gasteiger charge is -2.20. The summed E-state index contributed by atoms with van der Waals surface area (Å²) in [5.41, 5.74) is -3.57. The van der Waals surface area contributed by atoms with Crippen molar-refractivity contribution in [2.24, 2.45) is 10.3 Å². The summed E-state index contributed by atoms with van der Waals surface area (Å²) in [4.78, 5) is 0. The molecule has 0 saturated carbocycles. The average molecular weight is 667 g/mol. The van der Waals surface area contributed by atoms with Gasteiger partial charge in [0.1, 0.15) is 0 Å². The average Bonchev–Trinajstić information content (AvgIpc) is 2.88. The van der Waals surface area contributed by atoms with Gasteiger partial charge in [-0.15, -0.1) is 0 Å². The lowest BCUT2D eigenvalue weighted by molar-refractivity contribution is -0.0608. The van der Waals surface area contributed by atoms with Crippen molar-refractivity contribution < 1.29 is 61.2 Å². The molecule has 1 atom stereocenters. The van der Waals surface area contributed by atoms with Gasteiger partial charge in [-0.3, -0.25) is 8.57 Å². The van der Waals surface area contributed by atoms with E-state index in [9.17, 15) is 43.2 Å². The standard InChI is InChI=1S/C25H32F6N2O8S2/c1-3-16-42(34,35)40-32-22(24(26,27)28)18-6-10-20(11-7-18)38-14-5-15-39-21-12-8-19(9-13-21)23(25(29,30)31)33-41-43(36,37)17-4-2/h6-8,10,12,20H,3-5,9,11,13-17H2,1-2H3. The molecule has 0 aromatic heterocycles. The Morgan fingerprint density at radius 1 is 0.860 bits per heavy atom. The Morgan fingerprint density at radius 3 is 1.91 bits per heavy atom. The van der Waals surface area contributed by atoms with Gasteiger partial charge in [-0.1, -0.05) is 48.5 Å². The van der Waals surface area contributed by atoms with Crippen LogP contribution in [0.15, 0.2) is 57.6 Å². The van der Waals surface area contributed by atoms with Crippen LogP contribution in [-0.4, -0.2) is 71.4 Å². The summed E-state index contributed by atoms with van der Waals surface area (Å²) in [5, 5.41) is 5.70. The zero-order chi connectivity index (χ0) is 32.3. The highest BCUT2D eigenvalue weighted by molar-refractivity contribution is 7.86. The highest BCUT2D eigenvalue weighted by Gasteiger charge is 2.40. The molecule has 0 saturated heterocycles. The van der Waals surface area contributed by atoms with Gasteiger partial charge in [0.15, 0.2) is 11.4 Å². The number of nitrogens with zero attached hydrogens (tertiary/aromatic N) is 2. The van der Waals surface area contributed by atoms with Crippen LogP contribution in [0.3, 0.4) is 0 Å². The molecule has 244 valence electrons. The predicted molar refractivity (Wildman–Crippen MR) is 145 cm³/mol. The van der Waals surface area contributed by atoms with Crippen molar-refractivity contribution in [3.8, 4) is 0 Å². The van der Waals surface area contributed by atoms with Crippen LogP contribution in [0.1, 0.15) is 52.4 Å². The maximum Gasteiger partial charge on any atom is 0.437 e. The number of rotatable bonds is 16. The molecular weight excluding hydrogens is 634 g/mol. The van der Waals surface area contributed by atoms with E-state index in [-0.39, 0.29) is 56.5 Å². The molecule has 1 unspecified atom stereocenters. The summed E-state index contributed by atoms with van der Waals surface area (Å²) in [7, 11) is -8.48. The molecule has 10 nitrogen and oxygen atoms in total. The Hall–Kier alpha value is -2.86. The van der Waals surface area contributed by atoms with E-state index < -0.39 is 61.6 Å². The molecule has 0 bridgehead atoms. The van der Waals surface area contributed by atoms with Gasteiger partial charge in [-0.05, 0) is 37.3 Å². The number of halogens is 6. The van der Waals surface area contributed by atoms with E-state index in [2.05, 4.69) is 18.9 Å². The molecule has 0 fully saturated rings. The Bertz CT molecular complexity index is 1360. The number of oxime groups is 2. The largest absolute Gasteiger partial charge is 0.498 e. The fourth-order valence-electron chi connectivity index (χ4n) is 3.66. The summed E-state index contributed by atoms with van der Waals surface area (Å²) in [6.07, 6.45) is -3.70. The van der Waals surface area contributed by atoms with Crippen molar-refractivity contribution in [1.29, 1.82) is 0 Å². The lowest BCUT2D eigenvalue weighted by Crippen LogP contribution is -2.27. The van der Waals surface area contributed by atoms with Gasteiger partial charge in [0.25, 0.3) is 0 Å². The molecule has 0 N–H and O–H groups in total. The van der Waals surface area contributed by atoms with Gasteiger partial charge in [-0.25, -0.2) is 0 Å². The van der Waals surface area contributed by atoms with Crippen molar-refractivity contribution >= 4 is 31.7 Å². The third-order valence-electron chi connectivity index (χ3n) is 5.59. The molecule has 0 aromatic rings. The molecule has 0 spiro atoms. The zero-order valence-corrected chi connectivity index (χ0v) is 24.9. The monoisotopic (exact) mass is 666 g/mol. The van der Waals surface area contributed by atoms with Crippen LogP contribution >= 0.6 is 0 Å². The van der Waals surface area contributed by atoms with E-state index in [4.69, 9.17) is 9.47 Å². The molecule has 2 rings (SSSR count). The number of hydrogen-bond acceptors (Lipinski definition) is 10. The molecule has 0 aliphatic heterocycles. The van der Waals surface area contributed by atoms with Crippen LogP contribution in [0.5, 0.6) is 0 Å². The highest BCUT2D eigenvalue weighted by atomic mass is 32.2. The Morgan fingerprint density at radius 2 is 1.44 bits per heavy atom. The first-order chi connectivity index (χ1) is 20.0. The quantitative estimate of drug-likeness (QED) is 0.0899. The Kier molecular flexibility index (Phi) is 13.3. The fraction of sp³-hybridized carbons (Fsp3) is 0.600. The second-order valence-electron chi connectivity index (χ2n) is 9.24. The highest BCUT2D eigenvalue weighted by Crippen LogP contribution is 2.30. The molecule has 18 heteroatoms. The van der Waals surface area contributed by atoms with Crippen molar-refractivity contribution in [2.75, 3.05) is 24.7 Å². The van der Waals surface area contributed by atoms with Crippen molar-refractivity contribution in [2.45, 2.75) is 70.8 Å². The number of alkyl halides is 6. The SMILES string of the molecule is CCCS(=O)(=O)ON=C(C1=CCC(OCCCOC2=CC=C(C(=NOS(=O)(=O)CCC)C(F)(F)F)CC2)C=C1)C(F)(F)F. The van der Waals surface area contributed by atoms with Crippen molar-refractivity contribution in [1.82, 2.24) is 0 Å². The third kappa shape index (κ3) is 12.7. The molecule has 43 heavy (non-hydrogen) atoms. The minimum Gasteiger partial charge on any atom is -0.498 e. The molecular formula is C25H32F6N2O8S2. The summed E-state index contributed by atoms with van der Waals surface area (Å²) < 4.78 is 146. The second-order valence-corrected chi connectivity index (χ2v) is 12.6. The van der Waals surface area contributed by atoms with E-state index in [1.54, 1.807) is 0 Å². The number of hydrogen-bond donors (Lipinski definition) is 0. The first kappa shape index (κ1) is 36.3. The summed E-state index contributed by atoms with van der Waals surface area (Å²) >= 11 is 0. The van der Waals surface area contributed by atoms with E-state index in [0.717, 1.165) is 12.2 Å². The van der Waals surface area contributed by atoms with Crippen LogP contribution in [0.2, 0.25) is 0 Å². The van der Waals surface area contributed by atoms with Crippen LogP contribution in [0, 0.1) is 0 Å². The maximum absolute atomic E-state index is 13.4. The van der Waals surface area contributed by atoms with E-state index >= 15 is 0 Å². The van der Waals surface area contributed by atoms with E-state index in [1.807, 2.05) is 0 Å². The Labute approximate surface area is 246 Å². The zero-order valence-electron chi connectivity index (χ0n) is 23.3. The van der Waals surface area contributed by atoms with Gasteiger partial charge >= 0.3 is 32.6 Å². The molecule has 0 amide bonds. The van der Waals surface area contributed by atoms with Crippen molar-refractivity contribution in [3.05, 3.63) is 47.3 Å². The molecule has 0 radical (unpaired) electrons. The molecule has 2 aliphatic carbocycles. The van der Waals surface area contributed by atoms with Crippen molar-refractivity contribution in [3.63, 3.8) is 0 Å². The normalized spacial score (nSPS) is 19.0. The third-order valence-corrected chi connectivity index (χ3v) is 8.01. The summed E-state index contributed by atoms with van der Waals surface area (Å²) in [6, 6.07) is 0. The second kappa shape index (κ2) is 15.7. The first-order valence-corrected chi connectivity index (χ1v) is 16.3. The number of allylic oxidation sites excluding steroid dienone is 6. The lowest BCUT2D eigenvalue weighted by atomic mass is 9.99. The predicted octanol–water partition coefficient (Wildman–Crippen LogP) is 5.62. The molecule has 2 aliphatic rings. The van der Waals surface area contributed by atoms with E-state index in [0.29, 0.717) is 12.2 Å². The molecule has 0 heterocycles. The minimum absolute atomic E-state index is 0.0504. The van der Waals surface area contributed by atoms with Gasteiger partial charge in [0, 0.05) is 18.4 Å². The molecule has 0 aromatic carbocycles. The Balaban J connectivity index is 1.86. The topological polar surface area (TPSA) is 130 Å². The summed E-state index contributed by atoms with van der Waals surface area (Å²) in [6.45, 7) is 3.33. The van der Waals surface area contributed by atoms with Gasteiger partial charge in [0.05, 0.1) is 36.6 Å². The van der Waals surface area contributed by atoms with Crippen LogP contribution in [0.25, 0.3) is 0 Å². The first-order valence-electron chi connectivity index (χ1n) is 13.1. The van der Waals surface area contributed by atoms with Crippen LogP contribution < -0.4 is 0 Å². The smallest absolute Gasteiger partial charge is 0.437 e. The van der Waals surface area contributed by atoms with E-state index in [1.165, 1.54) is 32.1 Å².